The molecule has 0 aliphatic carbocycles. The number of aromatic nitrogens is 2. The van der Waals surface area contributed by atoms with Crippen LogP contribution in [0.3, 0.4) is 0 Å². The van der Waals surface area contributed by atoms with E-state index >= 15 is 0 Å². The van der Waals surface area contributed by atoms with Gasteiger partial charge in [0.05, 0.1) is 16.6 Å². The van der Waals surface area contributed by atoms with E-state index in [1.807, 2.05) is 6.07 Å². The Kier molecular flexibility index (Phi) is 5.19. The van der Waals surface area contributed by atoms with Gasteiger partial charge in [0.2, 0.25) is 11.8 Å². The van der Waals surface area contributed by atoms with Gasteiger partial charge < -0.3 is 10.2 Å². The van der Waals surface area contributed by atoms with E-state index in [4.69, 9.17) is 11.6 Å². The van der Waals surface area contributed by atoms with Crippen molar-refractivity contribution in [2.24, 2.45) is 5.92 Å². The van der Waals surface area contributed by atoms with Gasteiger partial charge in [-0.2, -0.15) is 5.10 Å². The highest BCUT2D eigenvalue weighted by atomic mass is 35.5. The van der Waals surface area contributed by atoms with E-state index in [0.717, 1.165) is 18.5 Å². The average molecular weight is 359 g/mol. The summed E-state index contributed by atoms with van der Waals surface area (Å²) in [6, 6.07) is 7.10. The van der Waals surface area contributed by atoms with Crippen molar-refractivity contribution in [2.45, 2.75) is 12.8 Å². The Morgan fingerprint density at radius 2 is 2.24 bits per heavy atom. The highest BCUT2D eigenvalue weighted by molar-refractivity contribution is 6.32. The number of piperidine rings is 1. The topological polar surface area (TPSA) is 67.2 Å². The summed E-state index contributed by atoms with van der Waals surface area (Å²) in [5.74, 6) is -0.476. The number of benzene rings is 1. The number of likely N-dealkylation sites (tertiary alicyclic amines) is 1. The first-order valence-corrected chi connectivity index (χ1v) is 8.48. The van der Waals surface area contributed by atoms with Crippen LogP contribution in [-0.4, -0.2) is 39.6 Å². The van der Waals surface area contributed by atoms with E-state index in [9.17, 15) is 9.59 Å². The highest BCUT2D eigenvalue weighted by Crippen LogP contribution is 2.25. The van der Waals surface area contributed by atoms with Gasteiger partial charge >= 0.3 is 0 Å². The van der Waals surface area contributed by atoms with Crippen LogP contribution in [0.2, 0.25) is 5.02 Å². The maximum Gasteiger partial charge on any atom is 0.245 e. The summed E-state index contributed by atoms with van der Waals surface area (Å²) >= 11 is 6.30. The van der Waals surface area contributed by atoms with Crippen molar-refractivity contribution in [3.05, 3.63) is 54.3 Å². The van der Waals surface area contributed by atoms with Crippen molar-refractivity contribution in [1.82, 2.24) is 14.7 Å². The second kappa shape index (κ2) is 7.53. The molecule has 0 spiro atoms. The molecule has 1 aliphatic rings. The number of nitrogens with zero attached hydrogens (tertiary/aromatic N) is 3. The fraction of sp³-hybridized carbons (Fsp3) is 0.278. The molecule has 6 nitrogen and oxygen atoms in total. The predicted molar refractivity (Wildman–Crippen MR) is 96.7 cm³/mol. The fourth-order valence-corrected chi connectivity index (χ4v) is 3.21. The molecule has 2 amide bonds. The smallest absolute Gasteiger partial charge is 0.245 e. The summed E-state index contributed by atoms with van der Waals surface area (Å²) in [6.07, 6.45) is 6.31. The normalized spacial score (nSPS) is 17.2. The molecule has 1 N–H and O–H groups in total. The van der Waals surface area contributed by atoms with Gasteiger partial charge in [0.25, 0.3) is 0 Å². The first-order chi connectivity index (χ1) is 12.1. The summed E-state index contributed by atoms with van der Waals surface area (Å²) in [5.41, 5.74) is 1.36. The van der Waals surface area contributed by atoms with Crippen molar-refractivity contribution >= 4 is 29.1 Å². The zero-order valence-electron chi connectivity index (χ0n) is 13.7. The molecule has 130 valence electrons. The van der Waals surface area contributed by atoms with Crippen LogP contribution in [-0.2, 0) is 9.59 Å². The van der Waals surface area contributed by atoms with Crippen LogP contribution in [0.25, 0.3) is 5.69 Å². The Morgan fingerprint density at radius 3 is 2.92 bits per heavy atom. The summed E-state index contributed by atoms with van der Waals surface area (Å²) < 4.78 is 1.66. The van der Waals surface area contributed by atoms with E-state index in [2.05, 4.69) is 17.0 Å². The predicted octanol–water partition coefficient (Wildman–Crippen LogP) is 2.89. The number of amides is 2. The van der Waals surface area contributed by atoms with E-state index in [1.54, 1.807) is 40.2 Å². The van der Waals surface area contributed by atoms with Gasteiger partial charge in [0.15, 0.2) is 0 Å². The molecule has 1 aromatic carbocycles. The molecular formula is C18H19ClN4O2. The number of rotatable bonds is 4. The van der Waals surface area contributed by atoms with Crippen LogP contribution in [0.4, 0.5) is 5.69 Å². The molecule has 2 aromatic rings. The molecule has 3 rings (SSSR count). The SMILES string of the molecule is C=CC(=O)N1CCCC(C(=O)Nc2ccc(-n3cccn3)c(Cl)c2)C1. The van der Waals surface area contributed by atoms with Gasteiger partial charge in [-0.3, -0.25) is 9.59 Å². The third kappa shape index (κ3) is 3.91. The highest BCUT2D eigenvalue weighted by Gasteiger charge is 2.27. The minimum absolute atomic E-state index is 0.107. The van der Waals surface area contributed by atoms with Crippen LogP contribution < -0.4 is 5.32 Å². The van der Waals surface area contributed by atoms with E-state index in [1.165, 1.54) is 6.08 Å². The molecule has 1 unspecified atom stereocenters. The zero-order chi connectivity index (χ0) is 17.8. The number of carbonyl (C=O) groups is 2. The zero-order valence-corrected chi connectivity index (χ0v) is 14.4. The Morgan fingerprint density at radius 1 is 1.40 bits per heavy atom. The van der Waals surface area contributed by atoms with Crippen LogP contribution >= 0.6 is 11.6 Å². The lowest BCUT2D eigenvalue weighted by Gasteiger charge is -2.31. The first-order valence-electron chi connectivity index (χ1n) is 8.10. The molecule has 1 saturated heterocycles. The molecule has 7 heteroatoms. The standard InChI is InChI=1S/C18H19ClN4O2/c1-2-17(24)22-9-3-5-13(12-22)18(25)21-14-6-7-16(15(19)11-14)23-10-4-8-20-23/h2,4,6-8,10-11,13H,1,3,5,9,12H2,(H,21,25). The van der Waals surface area contributed by atoms with Gasteiger partial charge in [-0.05, 0) is 43.2 Å². The Balaban J connectivity index is 1.67. The lowest BCUT2D eigenvalue weighted by molar-refractivity contribution is -0.130. The van der Waals surface area contributed by atoms with Gasteiger partial charge in [-0.1, -0.05) is 18.2 Å². The molecule has 0 saturated carbocycles. The van der Waals surface area contributed by atoms with E-state index in [0.29, 0.717) is 23.8 Å². The van der Waals surface area contributed by atoms with E-state index < -0.39 is 0 Å². The third-order valence-corrected chi connectivity index (χ3v) is 4.55. The second-order valence-electron chi connectivity index (χ2n) is 5.93. The molecule has 25 heavy (non-hydrogen) atoms. The van der Waals surface area contributed by atoms with Gasteiger partial charge in [-0.15, -0.1) is 0 Å². The molecule has 1 fully saturated rings. The van der Waals surface area contributed by atoms with Crippen LogP contribution in [0.5, 0.6) is 0 Å². The molecule has 2 heterocycles. The molecule has 0 radical (unpaired) electrons. The summed E-state index contributed by atoms with van der Waals surface area (Å²) in [6.45, 7) is 4.58. The number of nitrogens with one attached hydrogen (secondary N) is 1. The summed E-state index contributed by atoms with van der Waals surface area (Å²) in [4.78, 5) is 25.9. The minimum atomic E-state index is -0.234. The largest absolute Gasteiger partial charge is 0.338 e. The lowest BCUT2D eigenvalue weighted by Crippen LogP contribution is -2.43. The van der Waals surface area contributed by atoms with Crippen LogP contribution in [0, 0.1) is 5.92 Å². The van der Waals surface area contributed by atoms with Crippen LogP contribution in [0.1, 0.15) is 12.8 Å². The lowest BCUT2D eigenvalue weighted by atomic mass is 9.97. The van der Waals surface area contributed by atoms with Gasteiger partial charge in [0.1, 0.15) is 0 Å². The number of anilines is 1. The van der Waals surface area contributed by atoms with Crippen molar-refractivity contribution in [2.75, 3.05) is 18.4 Å². The van der Waals surface area contributed by atoms with Crippen molar-refractivity contribution < 1.29 is 9.59 Å². The molecule has 1 aromatic heterocycles. The monoisotopic (exact) mass is 358 g/mol. The third-order valence-electron chi connectivity index (χ3n) is 4.24. The molecular weight excluding hydrogens is 340 g/mol. The molecule has 1 aliphatic heterocycles. The summed E-state index contributed by atoms with van der Waals surface area (Å²) in [5, 5.41) is 7.52. The maximum absolute atomic E-state index is 12.5. The van der Waals surface area contributed by atoms with Crippen molar-refractivity contribution in [1.29, 1.82) is 0 Å². The second-order valence-corrected chi connectivity index (χ2v) is 6.34. The minimum Gasteiger partial charge on any atom is -0.338 e. The number of hydrogen-bond acceptors (Lipinski definition) is 3. The Hall–Kier alpha value is -2.60. The Labute approximate surface area is 151 Å². The number of hydrogen-bond donors (Lipinski definition) is 1. The fourth-order valence-electron chi connectivity index (χ4n) is 2.95. The average Bonchev–Trinajstić information content (AvgIpc) is 3.15. The van der Waals surface area contributed by atoms with Crippen molar-refractivity contribution in [3.63, 3.8) is 0 Å². The molecule has 0 bridgehead atoms. The maximum atomic E-state index is 12.5. The van der Waals surface area contributed by atoms with Gasteiger partial charge in [-0.25, -0.2) is 4.68 Å². The van der Waals surface area contributed by atoms with E-state index in [-0.39, 0.29) is 17.7 Å². The summed E-state index contributed by atoms with van der Waals surface area (Å²) in [7, 11) is 0. The van der Waals surface area contributed by atoms with Crippen molar-refractivity contribution in [3.8, 4) is 5.69 Å². The number of halogens is 1. The molecule has 1 atom stereocenters. The van der Waals surface area contributed by atoms with Crippen LogP contribution in [0.15, 0.2) is 49.3 Å². The number of carbonyl (C=O) groups excluding carboxylic acids is 2. The quantitative estimate of drug-likeness (QED) is 0.854. The van der Waals surface area contributed by atoms with Gasteiger partial charge in [0, 0.05) is 31.2 Å². The first kappa shape index (κ1) is 17.2. The Bertz CT molecular complexity index is 788.